The highest BCUT2D eigenvalue weighted by Gasteiger charge is 2.30. The largest absolute Gasteiger partial charge is 0.489 e. The molecule has 2 aromatic rings. The summed E-state index contributed by atoms with van der Waals surface area (Å²) in [4.78, 5) is 13.2. The fourth-order valence-corrected chi connectivity index (χ4v) is 2.97. The van der Waals surface area contributed by atoms with E-state index >= 15 is 0 Å². The minimum Gasteiger partial charge on any atom is -0.489 e. The molecule has 0 saturated carbocycles. The molecule has 126 valence electrons. The zero-order valence-corrected chi connectivity index (χ0v) is 13.3. The standard InChI is InChI=1S/C19H20FNO3/c20-16-7-3-15(4-8-16)13-24-17-9-5-14(6-10-17)12-21-11-1-2-18(21)19(22)23/h3-10,18H,1-2,11-13H2,(H,22,23). The number of carboxylic acid groups (broad SMARTS) is 1. The van der Waals surface area contributed by atoms with E-state index in [1.165, 1.54) is 12.1 Å². The molecule has 0 amide bonds. The molecule has 24 heavy (non-hydrogen) atoms. The summed E-state index contributed by atoms with van der Waals surface area (Å²) in [6.07, 6.45) is 1.64. The van der Waals surface area contributed by atoms with E-state index in [1.54, 1.807) is 12.1 Å². The molecular weight excluding hydrogens is 309 g/mol. The van der Waals surface area contributed by atoms with E-state index < -0.39 is 5.97 Å². The van der Waals surface area contributed by atoms with Crippen LogP contribution in [-0.4, -0.2) is 28.6 Å². The fourth-order valence-electron chi connectivity index (χ4n) is 2.97. The van der Waals surface area contributed by atoms with E-state index in [0.717, 1.165) is 29.8 Å². The van der Waals surface area contributed by atoms with Crippen LogP contribution in [0, 0.1) is 5.82 Å². The van der Waals surface area contributed by atoms with Gasteiger partial charge in [0.2, 0.25) is 0 Å². The van der Waals surface area contributed by atoms with Crippen molar-refractivity contribution >= 4 is 5.97 Å². The highest BCUT2D eigenvalue weighted by molar-refractivity contribution is 5.73. The van der Waals surface area contributed by atoms with Crippen molar-refractivity contribution in [1.29, 1.82) is 0 Å². The Morgan fingerprint density at radius 1 is 1.12 bits per heavy atom. The Hall–Kier alpha value is -2.40. The topological polar surface area (TPSA) is 49.8 Å². The van der Waals surface area contributed by atoms with Gasteiger partial charge in [-0.3, -0.25) is 9.69 Å². The lowest BCUT2D eigenvalue weighted by Gasteiger charge is -2.21. The van der Waals surface area contributed by atoms with Crippen LogP contribution in [-0.2, 0) is 17.9 Å². The van der Waals surface area contributed by atoms with Gasteiger partial charge in [-0.25, -0.2) is 4.39 Å². The Kier molecular flexibility index (Phi) is 5.11. The number of aliphatic carboxylic acids is 1. The molecule has 1 N–H and O–H groups in total. The number of benzene rings is 2. The maximum absolute atomic E-state index is 12.9. The Bertz CT molecular complexity index is 685. The maximum atomic E-state index is 12.9. The first-order chi connectivity index (χ1) is 11.6. The van der Waals surface area contributed by atoms with Gasteiger partial charge in [0.25, 0.3) is 0 Å². The molecule has 4 nitrogen and oxygen atoms in total. The number of rotatable bonds is 6. The average Bonchev–Trinajstić information content (AvgIpc) is 3.04. The Morgan fingerprint density at radius 3 is 2.46 bits per heavy atom. The molecule has 1 aliphatic heterocycles. The minimum absolute atomic E-state index is 0.260. The molecule has 1 saturated heterocycles. The molecule has 0 aromatic heterocycles. The summed E-state index contributed by atoms with van der Waals surface area (Å²) in [5, 5.41) is 9.22. The second-order valence-corrected chi connectivity index (χ2v) is 6.03. The summed E-state index contributed by atoms with van der Waals surface area (Å²) in [7, 11) is 0. The summed E-state index contributed by atoms with van der Waals surface area (Å²) >= 11 is 0. The number of hydrogen-bond donors (Lipinski definition) is 1. The highest BCUT2D eigenvalue weighted by atomic mass is 19.1. The maximum Gasteiger partial charge on any atom is 0.320 e. The van der Waals surface area contributed by atoms with Crippen molar-refractivity contribution in [2.45, 2.75) is 32.0 Å². The number of likely N-dealkylation sites (tertiary alicyclic amines) is 1. The first kappa shape index (κ1) is 16.5. The van der Waals surface area contributed by atoms with Crippen molar-refractivity contribution in [3.63, 3.8) is 0 Å². The number of carbonyl (C=O) groups is 1. The second-order valence-electron chi connectivity index (χ2n) is 6.03. The summed E-state index contributed by atoms with van der Waals surface area (Å²) in [6, 6.07) is 13.5. The molecule has 0 aliphatic carbocycles. The number of hydrogen-bond acceptors (Lipinski definition) is 3. The predicted octanol–water partition coefficient (Wildman–Crippen LogP) is 3.45. The molecule has 5 heteroatoms. The zero-order chi connectivity index (χ0) is 16.9. The van der Waals surface area contributed by atoms with Crippen molar-refractivity contribution in [2.24, 2.45) is 0 Å². The van der Waals surface area contributed by atoms with Crippen molar-refractivity contribution in [3.8, 4) is 5.75 Å². The Balaban J connectivity index is 1.55. The summed E-state index contributed by atoms with van der Waals surface area (Å²) in [6.45, 7) is 1.84. The molecule has 1 heterocycles. The van der Waals surface area contributed by atoms with Crippen LogP contribution in [0.25, 0.3) is 0 Å². The Labute approximate surface area is 140 Å². The second kappa shape index (κ2) is 7.45. The fraction of sp³-hybridized carbons (Fsp3) is 0.316. The molecule has 1 unspecified atom stereocenters. The third-order valence-corrected chi connectivity index (χ3v) is 4.28. The summed E-state index contributed by atoms with van der Waals surface area (Å²) in [5.41, 5.74) is 1.97. The lowest BCUT2D eigenvalue weighted by molar-refractivity contribution is -0.142. The van der Waals surface area contributed by atoms with E-state index in [-0.39, 0.29) is 11.9 Å². The van der Waals surface area contributed by atoms with Gasteiger partial charge in [0, 0.05) is 6.54 Å². The summed E-state index contributed by atoms with van der Waals surface area (Å²) in [5.74, 6) is -0.268. The lowest BCUT2D eigenvalue weighted by atomic mass is 10.1. The molecule has 2 aromatic carbocycles. The van der Waals surface area contributed by atoms with Crippen LogP contribution in [0.1, 0.15) is 24.0 Å². The van der Waals surface area contributed by atoms with E-state index in [1.807, 2.05) is 29.2 Å². The number of halogens is 1. The van der Waals surface area contributed by atoms with Gasteiger partial charge in [0.05, 0.1) is 0 Å². The molecule has 1 fully saturated rings. The van der Waals surface area contributed by atoms with Gasteiger partial charge >= 0.3 is 5.97 Å². The molecule has 1 atom stereocenters. The van der Waals surface area contributed by atoms with Crippen LogP contribution in [0.5, 0.6) is 5.75 Å². The van der Waals surface area contributed by atoms with Gasteiger partial charge in [0.1, 0.15) is 24.2 Å². The first-order valence-corrected chi connectivity index (χ1v) is 8.05. The molecule has 0 bridgehead atoms. The molecular formula is C19H20FNO3. The van der Waals surface area contributed by atoms with E-state index in [4.69, 9.17) is 4.74 Å². The van der Waals surface area contributed by atoms with Crippen molar-refractivity contribution in [3.05, 3.63) is 65.5 Å². The van der Waals surface area contributed by atoms with Crippen LogP contribution in [0.15, 0.2) is 48.5 Å². The first-order valence-electron chi connectivity index (χ1n) is 8.05. The van der Waals surface area contributed by atoms with Gasteiger partial charge in [-0.05, 0) is 54.8 Å². The van der Waals surface area contributed by atoms with Gasteiger partial charge in [-0.15, -0.1) is 0 Å². The van der Waals surface area contributed by atoms with E-state index in [2.05, 4.69) is 0 Å². The van der Waals surface area contributed by atoms with Crippen LogP contribution >= 0.6 is 0 Å². The van der Waals surface area contributed by atoms with Gasteiger partial charge in [-0.1, -0.05) is 24.3 Å². The normalized spacial score (nSPS) is 17.8. The zero-order valence-electron chi connectivity index (χ0n) is 13.3. The highest BCUT2D eigenvalue weighted by Crippen LogP contribution is 2.22. The average molecular weight is 329 g/mol. The minimum atomic E-state index is -0.744. The number of carboxylic acids is 1. The van der Waals surface area contributed by atoms with Gasteiger partial charge in [-0.2, -0.15) is 0 Å². The number of nitrogens with zero attached hydrogens (tertiary/aromatic N) is 1. The van der Waals surface area contributed by atoms with Crippen LogP contribution in [0.4, 0.5) is 4.39 Å². The molecule has 3 rings (SSSR count). The van der Waals surface area contributed by atoms with E-state index in [9.17, 15) is 14.3 Å². The third-order valence-electron chi connectivity index (χ3n) is 4.28. The van der Waals surface area contributed by atoms with Crippen molar-refractivity contribution in [1.82, 2.24) is 4.90 Å². The molecule has 1 aliphatic rings. The van der Waals surface area contributed by atoms with Gasteiger partial charge < -0.3 is 9.84 Å². The lowest BCUT2D eigenvalue weighted by Crippen LogP contribution is -2.35. The number of ether oxygens (including phenoxy) is 1. The third kappa shape index (κ3) is 4.11. The van der Waals surface area contributed by atoms with Crippen molar-refractivity contribution in [2.75, 3.05) is 6.54 Å². The summed E-state index contributed by atoms with van der Waals surface area (Å²) < 4.78 is 18.5. The monoisotopic (exact) mass is 329 g/mol. The molecule has 0 spiro atoms. The molecule has 0 radical (unpaired) electrons. The SMILES string of the molecule is O=C(O)C1CCCN1Cc1ccc(OCc2ccc(F)cc2)cc1. The predicted molar refractivity (Wildman–Crippen MR) is 88.2 cm³/mol. The van der Waals surface area contributed by atoms with Crippen LogP contribution in [0.2, 0.25) is 0 Å². The van der Waals surface area contributed by atoms with Crippen molar-refractivity contribution < 1.29 is 19.0 Å². The van der Waals surface area contributed by atoms with E-state index in [0.29, 0.717) is 19.6 Å². The van der Waals surface area contributed by atoms with Crippen LogP contribution < -0.4 is 4.74 Å². The quantitative estimate of drug-likeness (QED) is 0.882. The Morgan fingerprint density at radius 2 is 1.79 bits per heavy atom. The van der Waals surface area contributed by atoms with Crippen LogP contribution in [0.3, 0.4) is 0 Å². The smallest absolute Gasteiger partial charge is 0.320 e. The van der Waals surface area contributed by atoms with Gasteiger partial charge in [0.15, 0.2) is 0 Å².